The van der Waals surface area contributed by atoms with Gasteiger partial charge in [-0.05, 0) is 49.9 Å². The minimum atomic E-state index is -3.72. The predicted molar refractivity (Wildman–Crippen MR) is 132 cm³/mol. The van der Waals surface area contributed by atoms with Gasteiger partial charge in [0.25, 0.3) is 0 Å². The molecular formula is C25H35N3O4S. The number of carbonyl (C=O) groups is 2. The van der Waals surface area contributed by atoms with E-state index < -0.39 is 28.5 Å². The number of nitrogens with one attached hydrogen (secondary N) is 1. The smallest absolute Gasteiger partial charge is 0.244 e. The predicted octanol–water partition coefficient (Wildman–Crippen LogP) is 3.35. The maximum Gasteiger partial charge on any atom is 0.244 e. The zero-order valence-electron chi connectivity index (χ0n) is 20.1. The number of amides is 2. The maximum atomic E-state index is 13.4. The van der Waals surface area contributed by atoms with Gasteiger partial charge in [0, 0.05) is 12.6 Å². The first-order valence-electron chi connectivity index (χ1n) is 11.3. The summed E-state index contributed by atoms with van der Waals surface area (Å²) in [4.78, 5) is 27.7. The third kappa shape index (κ3) is 7.60. The molecule has 0 fully saturated rings. The Balaban J connectivity index is 2.34. The summed E-state index contributed by atoms with van der Waals surface area (Å²) in [6.45, 7) is 7.36. The van der Waals surface area contributed by atoms with Crippen molar-refractivity contribution in [3.05, 3.63) is 65.7 Å². The highest BCUT2D eigenvalue weighted by molar-refractivity contribution is 7.92. The fraction of sp³-hybridized carbons (Fsp3) is 0.440. The van der Waals surface area contributed by atoms with E-state index in [4.69, 9.17) is 0 Å². The van der Waals surface area contributed by atoms with Crippen molar-refractivity contribution in [3.63, 3.8) is 0 Å². The Bertz CT molecular complexity index is 1020. The van der Waals surface area contributed by atoms with Crippen molar-refractivity contribution in [3.8, 4) is 0 Å². The van der Waals surface area contributed by atoms with Crippen molar-refractivity contribution in [2.45, 2.75) is 59.2 Å². The number of hydrogen-bond donors (Lipinski definition) is 1. The Morgan fingerprint density at radius 3 is 2.06 bits per heavy atom. The van der Waals surface area contributed by atoms with Crippen LogP contribution in [0.4, 0.5) is 5.69 Å². The van der Waals surface area contributed by atoms with E-state index >= 15 is 0 Å². The molecule has 0 unspecified atom stereocenters. The topological polar surface area (TPSA) is 86.8 Å². The lowest BCUT2D eigenvalue weighted by molar-refractivity contribution is -0.139. The molecule has 8 heteroatoms. The molecule has 0 aliphatic carbocycles. The Morgan fingerprint density at radius 1 is 0.939 bits per heavy atom. The number of nitrogens with zero attached hydrogens (tertiary/aromatic N) is 2. The lowest BCUT2D eigenvalue weighted by Gasteiger charge is -2.32. The van der Waals surface area contributed by atoms with Gasteiger partial charge >= 0.3 is 0 Å². The molecule has 2 amide bonds. The van der Waals surface area contributed by atoms with Crippen molar-refractivity contribution in [2.75, 3.05) is 17.1 Å². The van der Waals surface area contributed by atoms with Crippen LogP contribution < -0.4 is 9.62 Å². The molecule has 0 heterocycles. The second kappa shape index (κ2) is 11.8. The lowest BCUT2D eigenvalue weighted by Crippen LogP contribution is -2.52. The van der Waals surface area contributed by atoms with E-state index in [1.54, 1.807) is 19.1 Å². The molecule has 180 valence electrons. The summed E-state index contributed by atoms with van der Waals surface area (Å²) in [6, 6.07) is 15.6. The summed E-state index contributed by atoms with van der Waals surface area (Å²) in [5.41, 5.74) is 2.34. The number of anilines is 1. The molecule has 0 aliphatic heterocycles. The van der Waals surface area contributed by atoms with Crippen LogP contribution in [-0.2, 0) is 32.6 Å². The summed E-state index contributed by atoms with van der Waals surface area (Å²) >= 11 is 0. The number of benzene rings is 2. The Morgan fingerprint density at radius 2 is 1.55 bits per heavy atom. The molecule has 2 aromatic carbocycles. The van der Waals surface area contributed by atoms with Crippen LogP contribution in [0.1, 0.15) is 45.2 Å². The molecule has 7 nitrogen and oxygen atoms in total. The zero-order chi connectivity index (χ0) is 24.6. The number of sulfonamides is 1. The van der Waals surface area contributed by atoms with Crippen LogP contribution in [-0.4, -0.2) is 50.0 Å². The fourth-order valence-corrected chi connectivity index (χ4v) is 4.19. The molecule has 0 saturated heterocycles. The van der Waals surface area contributed by atoms with E-state index in [2.05, 4.69) is 5.32 Å². The van der Waals surface area contributed by atoms with Gasteiger partial charge in [-0.1, -0.05) is 56.3 Å². The minimum Gasteiger partial charge on any atom is -0.352 e. The van der Waals surface area contributed by atoms with Crippen molar-refractivity contribution in [1.82, 2.24) is 10.2 Å². The number of aryl methyl sites for hydroxylation is 1. The van der Waals surface area contributed by atoms with E-state index in [9.17, 15) is 18.0 Å². The number of carbonyl (C=O) groups excluding carboxylic acids is 2. The quantitative estimate of drug-likeness (QED) is 0.542. The molecule has 0 saturated carbocycles. The molecule has 1 N–H and O–H groups in total. The summed E-state index contributed by atoms with van der Waals surface area (Å²) in [5.74, 6) is -0.720. The maximum absolute atomic E-state index is 13.4. The van der Waals surface area contributed by atoms with Gasteiger partial charge in [0.05, 0.1) is 11.9 Å². The number of hydrogen-bond acceptors (Lipinski definition) is 4. The van der Waals surface area contributed by atoms with Gasteiger partial charge < -0.3 is 10.2 Å². The monoisotopic (exact) mass is 473 g/mol. The van der Waals surface area contributed by atoms with Crippen LogP contribution in [0.5, 0.6) is 0 Å². The van der Waals surface area contributed by atoms with Gasteiger partial charge in [0.15, 0.2) is 0 Å². The van der Waals surface area contributed by atoms with Crippen LogP contribution >= 0.6 is 0 Å². The molecule has 2 rings (SSSR count). The molecule has 2 atom stereocenters. The summed E-state index contributed by atoms with van der Waals surface area (Å²) in [5, 5.41) is 2.91. The number of rotatable bonds is 11. The first-order valence-corrected chi connectivity index (χ1v) is 13.1. The van der Waals surface area contributed by atoms with Crippen LogP contribution in [0.25, 0.3) is 0 Å². The van der Waals surface area contributed by atoms with Crippen molar-refractivity contribution < 1.29 is 18.0 Å². The van der Waals surface area contributed by atoms with Gasteiger partial charge in [0.2, 0.25) is 21.8 Å². The van der Waals surface area contributed by atoms with Gasteiger partial charge in [-0.3, -0.25) is 13.9 Å². The fourth-order valence-electron chi connectivity index (χ4n) is 3.34. The van der Waals surface area contributed by atoms with E-state index in [0.29, 0.717) is 5.69 Å². The van der Waals surface area contributed by atoms with Gasteiger partial charge in [0.1, 0.15) is 12.6 Å². The van der Waals surface area contributed by atoms with E-state index in [1.807, 2.05) is 63.2 Å². The van der Waals surface area contributed by atoms with Gasteiger partial charge in [-0.2, -0.15) is 0 Å². The normalized spacial score (nSPS) is 13.1. The molecule has 33 heavy (non-hydrogen) atoms. The van der Waals surface area contributed by atoms with Gasteiger partial charge in [-0.15, -0.1) is 0 Å². The summed E-state index contributed by atoms with van der Waals surface area (Å²) < 4.78 is 26.2. The van der Waals surface area contributed by atoms with Crippen molar-refractivity contribution >= 4 is 27.5 Å². The van der Waals surface area contributed by atoms with Gasteiger partial charge in [-0.25, -0.2) is 8.42 Å². The molecule has 0 radical (unpaired) electrons. The summed E-state index contributed by atoms with van der Waals surface area (Å²) in [6.07, 6.45) is 2.67. The van der Waals surface area contributed by atoms with Crippen LogP contribution in [0.2, 0.25) is 0 Å². The average Bonchev–Trinajstić information content (AvgIpc) is 2.80. The van der Waals surface area contributed by atoms with Crippen LogP contribution in [0, 0.1) is 0 Å². The van der Waals surface area contributed by atoms with Crippen molar-refractivity contribution in [1.29, 1.82) is 0 Å². The average molecular weight is 474 g/mol. The minimum absolute atomic E-state index is 0.0294. The second-order valence-electron chi connectivity index (χ2n) is 8.29. The highest BCUT2D eigenvalue weighted by Crippen LogP contribution is 2.20. The van der Waals surface area contributed by atoms with Crippen LogP contribution in [0.3, 0.4) is 0 Å². The molecule has 0 aromatic heterocycles. The molecule has 0 bridgehead atoms. The highest BCUT2D eigenvalue weighted by Gasteiger charge is 2.30. The summed E-state index contributed by atoms with van der Waals surface area (Å²) in [7, 11) is -3.72. The molecule has 0 spiro atoms. The van der Waals surface area contributed by atoms with Crippen LogP contribution in [0.15, 0.2) is 54.6 Å². The zero-order valence-corrected chi connectivity index (χ0v) is 20.9. The van der Waals surface area contributed by atoms with E-state index in [-0.39, 0.29) is 18.5 Å². The third-order valence-electron chi connectivity index (χ3n) is 5.68. The largest absolute Gasteiger partial charge is 0.352 e. The first kappa shape index (κ1) is 26.4. The Labute approximate surface area is 197 Å². The Kier molecular flexibility index (Phi) is 9.46. The first-order chi connectivity index (χ1) is 15.6. The molecule has 2 aromatic rings. The second-order valence-corrected chi connectivity index (χ2v) is 10.2. The van der Waals surface area contributed by atoms with Crippen molar-refractivity contribution in [2.24, 2.45) is 0 Å². The highest BCUT2D eigenvalue weighted by atomic mass is 32.2. The van der Waals surface area contributed by atoms with E-state index in [1.165, 1.54) is 4.90 Å². The molecule has 0 aliphatic rings. The molecular weight excluding hydrogens is 438 g/mol. The van der Waals surface area contributed by atoms with E-state index in [0.717, 1.165) is 34.5 Å². The standard InChI is InChI=1S/C25H35N3O4S/c1-6-19(3)26-25(30)20(4)27(17-22-11-9-8-10-12-22)24(29)18-28(33(5,31)32)23-15-13-21(7-2)14-16-23/h8-16,19-20H,6-7,17-18H2,1-5H3,(H,26,30)/t19-,20+/m0/s1. The SMILES string of the molecule is CCc1ccc(N(CC(=O)N(Cc2ccccc2)[C@H](C)C(=O)N[C@@H](C)CC)S(C)(=O)=O)cc1. The lowest BCUT2D eigenvalue weighted by atomic mass is 10.1. The third-order valence-corrected chi connectivity index (χ3v) is 6.82. The Hall–Kier alpha value is -2.87.